The molecule has 8 heteroatoms. The van der Waals surface area contributed by atoms with Crippen LogP contribution >= 0.6 is 0 Å². The summed E-state index contributed by atoms with van der Waals surface area (Å²) in [6.07, 6.45) is 4.38. The van der Waals surface area contributed by atoms with E-state index >= 15 is 0 Å². The Labute approximate surface area is 162 Å². The van der Waals surface area contributed by atoms with Crippen LogP contribution in [0, 0.1) is 5.92 Å². The van der Waals surface area contributed by atoms with Gasteiger partial charge in [0.2, 0.25) is 5.95 Å². The molecular formula is C20H23FN6O. The molecule has 2 aromatic heterocycles. The number of aromatic nitrogens is 4. The van der Waals surface area contributed by atoms with E-state index in [2.05, 4.69) is 44.5 Å². The van der Waals surface area contributed by atoms with Crippen molar-refractivity contribution in [3.05, 3.63) is 35.7 Å². The summed E-state index contributed by atoms with van der Waals surface area (Å²) in [6.45, 7) is 2.51. The topological polar surface area (TPSA) is 68.1 Å². The first kappa shape index (κ1) is 17.4. The average Bonchev–Trinajstić information content (AvgIpc) is 3.24. The molecule has 1 N–H and O–H groups in total. The number of fused-ring (bicyclic) bond motifs is 2. The van der Waals surface area contributed by atoms with Crippen molar-refractivity contribution < 1.29 is 9.13 Å². The first-order valence-electron chi connectivity index (χ1n) is 9.58. The highest BCUT2D eigenvalue weighted by Gasteiger charge is 2.38. The zero-order valence-electron chi connectivity index (χ0n) is 16.0. The predicted molar refractivity (Wildman–Crippen MR) is 105 cm³/mol. The SMILES string of the molecule is COc1cc2c(cc1Nc1ncc3cnn(C[C@@H]4C[C@@H]4F)c3n1)CN(C)CC2. The van der Waals surface area contributed by atoms with Crippen molar-refractivity contribution in [2.24, 2.45) is 5.92 Å². The molecule has 0 amide bonds. The van der Waals surface area contributed by atoms with Crippen molar-refractivity contribution in [1.82, 2.24) is 24.6 Å². The number of nitrogens with one attached hydrogen (secondary N) is 1. The van der Waals surface area contributed by atoms with Gasteiger partial charge >= 0.3 is 0 Å². The third-order valence-electron chi connectivity index (χ3n) is 5.59. The number of methoxy groups -OCH3 is 1. The van der Waals surface area contributed by atoms with Gasteiger partial charge in [0.25, 0.3) is 0 Å². The van der Waals surface area contributed by atoms with Gasteiger partial charge in [-0.25, -0.2) is 14.1 Å². The van der Waals surface area contributed by atoms with Gasteiger partial charge < -0.3 is 15.0 Å². The van der Waals surface area contributed by atoms with Crippen LogP contribution in [-0.4, -0.2) is 51.5 Å². The number of likely N-dealkylation sites (N-methyl/N-ethyl adjacent to an activating group) is 1. The third-order valence-corrected chi connectivity index (χ3v) is 5.59. The highest BCUT2D eigenvalue weighted by Crippen LogP contribution is 2.36. The molecule has 0 spiro atoms. The molecule has 0 bridgehead atoms. The molecule has 1 aliphatic heterocycles. The molecule has 28 heavy (non-hydrogen) atoms. The minimum atomic E-state index is -0.712. The molecule has 7 nitrogen and oxygen atoms in total. The summed E-state index contributed by atoms with van der Waals surface area (Å²) < 4.78 is 20.6. The molecule has 1 aliphatic carbocycles. The second-order valence-electron chi connectivity index (χ2n) is 7.74. The number of ether oxygens (including phenoxy) is 1. The summed E-state index contributed by atoms with van der Waals surface area (Å²) in [4.78, 5) is 11.3. The quantitative estimate of drug-likeness (QED) is 0.732. The van der Waals surface area contributed by atoms with E-state index in [0.29, 0.717) is 24.6 Å². The van der Waals surface area contributed by atoms with Crippen LogP contribution in [0.5, 0.6) is 5.75 Å². The molecule has 3 aromatic rings. The highest BCUT2D eigenvalue weighted by atomic mass is 19.1. The molecule has 2 atom stereocenters. The van der Waals surface area contributed by atoms with Gasteiger partial charge in [-0.2, -0.15) is 10.1 Å². The highest BCUT2D eigenvalue weighted by molar-refractivity contribution is 5.76. The van der Waals surface area contributed by atoms with Crippen molar-refractivity contribution in [2.75, 3.05) is 26.0 Å². The molecular weight excluding hydrogens is 359 g/mol. The monoisotopic (exact) mass is 382 g/mol. The van der Waals surface area contributed by atoms with Crippen LogP contribution in [0.25, 0.3) is 11.0 Å². The molecule has 146 valence electrons. The minimum Gasteiger partial charge on any atom is -0.495 e. The molecule has 0 radical (unpaired) electrons. The van der Waals surface area contributed by atoms with E-state index in [1.807, 2.05) is 0 Å². The van der Waals surface area contributed by atoms with Crippen molar-refractivity contribution in [3.8, 4) is 5.75 Å². The van der Waals surface area contributed by atoms with Crippen LogP contribution in [0.4, 0.5) is 16.0 Å². The maximum atomic E-state index is 13.3. The average molecular weight is 382 g/mol. The van der Waals surface area contributed by atoms with E-state index in [1.54, 1.807) is 24.2 Å². The van der Waals surface area contributed by atoms with E-state index in [4.69, 9.17) is 4.74 Å². The van der Waals surface area contributed by atoms with Gasteiger partial charge in [-0.05, 0) is 43.1 Å². The lowest BCUT2D eigenvalue weighted by atomic mass is 9.99. The van der Waals surface area contributed by atoms with Gasteiger partial charge in [0.1, 0.15) is 11.9 Å². The zero-order chi connectivity index (χ0) is 19.3. The normalized spacial score (nSPS) is 21.5. The largest absolute Gasteiger partial charge is 0.495 e. The summed E-state index contributed by atoms with van der Waals surface area (Å²) in [7, 11) is 3.80. The number of anilines is 2. The number of nitrogens with zero attached hydrogens (tertiary/aromatic N) is 5. The van der Waals surface area contributed by atoms with E-state index in [9.17, 15) is 4.39 Å². The lowest BCUT2D eigenvalue weighted by Crippen LogP contribution is -2.26. The van der Waals surface area contributed by atoms with Crippen molar-refractivity contribution in [2.45, 2.75) is 32.1 Å². The summed E-state index contributed by atoms with van der Waals surface area (Å²) >= 11 is 0. The lowest BCUT2D eigenvalue weighted by molar-refractivity contribution is 0.312. The van der Waals surface area contributed by atoms with Crippen LogP contribution in [0.3, 0.4) is 0 Å². The van der Waals surface area contributed by atoms with Crippen LogP contribution in [-0.2, 0) is 19.5 Å². The first-order valence-corrected chi connectivity index (χ1v) is 9.58. The second-order valence-corrected chi connectivity index (χ2v) is 7.74. The van der Waals surface area contributed by atoms with Gasteiger partial charge in [0.15, 0.2) is 5.65 Å². The Hall–Kier alpha value is -2.74. The van der Waals surface area contributed by atoms with Crippen LogP contribution in [0.15, 0.2) is 24.5 Å². The molecule has 1 fully saturated rings. The Morgan fingerprint density at radius 3 is 2.93 bits per heavy atom. The van der Waals surface area contributed by atoms with Gasteiger partial charge in [-0.3, -0.25) is 0 Å². The summed E-state index contributed by atoms with van der Waals surface area (Å²) in [5.74, 6) is 1.30. The third kappa shape index (κ3) is 3.17. The maximum Gasteiger partial charge on any atom is 0.229 e. The number of rotatable bonds is 5. The van der Waals surface area contributed by atoms with Gasteiger partial charge in [-0.1, -0.05) is 0 Å². The molecule has 1 aromatic carbocycles. The first-order chi connectivity index (χ1) is 13.6. The van der Waals surface area contributed by atoms with Crippen LogP contribution in [0.1, 0.15) is 17.5 Å². The van der Waals surface area contributed by atoms with Gasteiger partial charge in [0, 0.05) is 31.7 Å². The Kier molecular flexibility index (Phi) is 4.16. The number of halogens is 1. The van der Waals surface area contributed by atoms with E-state index in [0.717, 1.165) is 36.3 Å². The Bertz CT molecular complexity index is 1030. The summed E-state index contributed by atoms with van der Waals surface area (Å²) in [5, 5.41) is 8.49. The number of hydrogen-bond donors (Lipinski definition) is 1. The molecule has 1 saturated carbocycles. The number of alkyl halides is 1. The van der Waals surface area contributed by atoms with E-state index in [-0.39, 0.29) is 5.92 Å². The fraction of sp³-hybridized carbons (Fsp3) is 0.450. The van der Waals surface area contributed by atoms with E-state index < -0.39 is 6.17 Å². The van der Waals surface area contributed by atoms with E-state index in [1.165, 1.54) is 11.1 Å². The summed E-state index contributed by atoms with van der Waals surface area (Å²) in [6, 6.07) is 4.22. The molecule has 5 rings (SSSR count). The number of hydrogen-bond acceptors (Lipinski definition) is 6. The van der Waals surface area contributed by atoms with Crippen molar-refractivity contribution in [1.29, 1.82) is 0 Å². The summed E-state index contributed by atoms with van der Waals surface area (Å²) in [5.41, 5.74) is 4.16. The Morgan fingerprint density at radius 2 is 2.14 bits per heavy atom. The fourth-order valence-electron chi connectivity index (χ4n) is 3.80. The lowest BCUT2D eigenvalue weighted by Gasteiger charge is -2.26. The van der Waals surface area contributed by atoms with Gasteiger partial charge in [0.05, 0.1) is 24.4 Å². The Morgan fingerprint density at radius 1 is 1.29 bits per heavy atom. The number of benzene rings is 1. The van der Waals surface area contributed by atoms with Crippen molar-refractivity contribution in [3.63, 3.8) is 0 Å². The van der Waals surface area contributed by atoms with Crippen molar-refractivity contribution >= 4 is 22.7 Å². The molecule has 3 heterocycles. The zero-order valence-corrected chi connectivity index (χ0v) is 16.0. The second kappa shape index (κ2) is 6.70. The molecule has 0 saturated heterocycles. The van der Waals surface area contributed by atoms with Gasteiger partial charge in [-0.15, -0.1) is 0 Å². The van der Waals surface area contributed by atoms with Crippen LogP contribution < -0.4 is 10.1 Å². The smallest absolute Gasteiger partial charge is 0.229 e. The molecule has 0 unspecified atom stereocenters. The standard InChI is InChI=1S/C20H23FN6O/c1-26-4-3-12-7-18(28-2)17(6-13(12)10-26)24-20-22-8-15-9-23-27(19(15)25-20)11-14-5-16(14)21/h6-9,14,16H,3-5,10-11H2,1-2H3,(H,22,24,25)/t14-,16-/m0/s1. The van der Waals surface area contributed by atoms with Crippen LogP contribution in [0.2, 0.25) is 0 Å². The maximum absolute atomic E-state index is 13.3. The molecule has 2 aliphatic rings. The fourth-order valence-corrected chi connectivity index (χ4v) is 3.80. The minimum absolute atomic E-state index is 0.0483. The Balaban J connectivity index is 1.46. The predicted octanol–water partition coefficient (Wildman–Crippen LogP) is 2.92.